The van der Waals surface area contributed by atoms with E-state index in [9.17, 15) is 0 Å². The molecule has 0 aliphatic rings. The molecule has 0 bridgehead atoms. The second-order valence-corrected chi connectivity index (χ2v) is 7.01. The van der Waals surface area contributed by atoms with Crippen LogP contribution in [-0.2, 0) is 13.1 Å². The van der Waals surface area contributed by atoms with Gasteiger partial charge in [0.25, 0.3) is 0 Å². The number of guanidine groups is 1. The average molecular weight is 368 g/mol. The second kappa shape index (κ2) is 8.67. The van der Waals surface area contributed by atoms with Gasteiger partial charge in [0, 0.05) is 32.6 Å². The summed E-state index contributed by atoms with van der Waals surface area (Å²) < 4.78 is 0. The number of fused-ring (bicyclic) bond motifs is 1. The van der Waals surface area contributed by atoms with Gasteiger partial charge in [-0.15, -0.1) is 0 Å². The monoisotopic (exact) mass is 367 g/mol. The Labute approximate surface area is 158 Å². The Morgan fingerprint density at radius 1 is 1.19 bits per heavy atom. The number of nitrogens with zero attached hydrogens (tertiary/aromatic N) is 3. The second-order valence-electron chi connectivity index (χ2n) is 6.23. The van der Waals surface area contributed by atoms with Gasteiger partial charge < -0.3 is 15.5 Å². The van der Waals surface area contributed by atoms with Crippen LogP contribution in [0.1, 0.15) is 18.1 Å². The molecule has 1 aromatic carbocycles. The zero-order valence-corrected chi connectivity index (χ0v) is 16.3. The molecule has 0 amide bonds. The molecule has 0 atom stereocenters. The molecule has 2 aromatic heterocycles. The normalized spacial score (nSPS) is 11.6. The highest BCUT2D eigenvalue weighted by molar-refractivity contribution is 7.07. The highest BCUT2D eigenvalue weighted by atomic mass is 32.1. The van der Waals surface area contributed by atoms with Crippen molar-refractivity contribution in [2.24, 2.45) is 4.99 Å². The van der Waals surface area contributed by atoms with Crippen LogP contribution in [0.2, 0.25) is 0 Å². The molecule has 0 fully saturated rings. The van der Waals surface area contributed by atoms with Crippen molar-refractivity contribution in [3.8, 4) is 0 Å². The van der Waals surface area contributed by atoms with Gasteiger partial charge in [-0.2, -0.15) is 11.3 Å². The summed E-state index contributed by atoms with van der Waals surface area (Å²) in [4.78, 5) is 11.4. The number of thiophene rings is 1. The van der Waals surface area contributed by atoms with Crippen molar-refractivity contribution in [2.45, 2.75) is 20.0 Å². The van der Waals surface area contributed by atoms with Gasteiger partial charge in [-0.25, -0.2) is 9.98 Å². The summed E-state index contributed by atoms with van der Waals surface area (Å²) in [5.41, 5.74) is 3.45. The Kier molecular flexibility index (Phi) is 6.07. The molecule has 0 spiro atoms. The standard InChI is InChI=1S/C20H25N5S/c1-4-21-20(22-12-15-9-10-26-14-15)23-13-16-11-19(25(2)3)24-18-8-6-5-7-17(16)18/h5-11,14H,4,12-13H2,1-3H3,(H2,21,22,23). The Balaban J connectivity index is 1.81. The van der Waals surface area contributed by atoms with Gasteiger partial charge in [0.05, 0.1) is 12.1 Å². The number of hydrogen-bond donors (Lipinski definition) is 2. The van der Waals surface area contributed by atoms with Gasteiger partial charge in [-0.1, -0.05) is 18.2 Å². The quantitative estimate of drug-likeness (QED) is 0.516. The van der Waals surface area contributed by atoms with E-state index < -0.39 is 0 Å². The number of rotatable bonds is 6. The Hall–Kier alpha value is -2.60. The minimum Gasteiger partial charge on any atom is -0.363 e. The first kappa shape index (κ1) is 18.2. The van der Waals surface area contributed by atoms with Gasteiger partial charge in [-0.05, 0) is 47.0 Å². The van der Waals surface area contributed by atoms with Crippen LogP contribution < -0.4 is 15.5 Å². The molecule has 0 saturated heterocycles. The van der Waals surface area contributed by atoms with E-state index in [1.165, 1.54) is 16.5 Å². The highest BCUT2D eigenvalue weighted by Crippen LogP contribution is 2.22. The Bertz CT molecular complexity index is 871. The molecule has 0 radical (unpaired) electrons. The summed E-state index contributed by atoms with van der Waals surface area (Å²) in [6, 6.07) is 12.5. The molecule has 2 heterocycles. The smallest absolute Gasteiger partial charge is 0.191 e. The van der Waals surface area contributed by atoms with E-state index in [1.54, 1.807) is 11.3 Å². The largest absolute Gasteiger partial charge is 0.363 e. The van der Waals surface area contributed by atoms with Crippen molar-refractivity contribution in [1.29, 1.82) is 0 Å². The number of aromatic nitrogens is 1. The van der Waals surface area contributed by atoms with Crippen LogP contribution in [0.3, 0.4) is 0 Å². The maximum atomic E-state index is 4.72. The minimum atomic E-state index is 0.679. The average Bonchev–Trinajstić information content (AvgIpc) is 3.17. The van der Waals surface area contributed by atoms with Gasteiger partial charge in [0.15, 0.2) is 5.96 Å². The van der Waals surface area contributed by atoms with Crippen LogP contribution in [-0.4, -0.2) is 31.6 Å². The fraction of sp³-hybridized carbons (Fsp3) is 0.300. The molecular weight excluding hydrogens is 342 g/mol. The molecule has 26 heavy (non-hydrogen) atoms. The summed E-state index contributed by atoms with van der Waals surface area (Å²) in [5, 5.41) is 12.1. The number of nitrogens with one attached hydrogen (secondary N) is 2. The van der Waals surface area contributed by atoms with E-state index in [0.29, 0.717) is 13.1 Å². The van der Waals surface area contributed by atoms with Crippen molar-refractivity contribution < 1.29 is 0 Å². The number of para-hydroxylation sites is 1. The molecular formula is C20H25N5S. The highest BCUT2D eigenvalue weighted by Gasteiger charge is 2.08. The lowest BCUT2D eigenvalue weighted by Crippen LogP contribution is -2.36. The fourth-order valence-corrected chi connectivity index (χ4v) is 3.34. The van der Waals surface area contributed by atoms with Crippen LogP contribution in [0.15, 0.2) is 52.2 Å². The summed E-state index contributed by atoms with van der Waals surface area (Å²) >= 11 is 1.70. The summed E-state index contributed by atoms with van der Waals surface area (Å²) in [7, 11) is 4.03. The van der Waals surface area contributed by atoms with Crippen LogP contribution >= 0.6 is 11.3 Å². The van der Waals surface area contributed by atoms with Gasteiger partial charge in [0.1, 0.15) is 5.82 Å². The molecule has 0 saturated carbocycles. The van der Waals surface area contributed by atoms with E-state index in [2.05, 4.69) is 63.6 Å². The van der Waals surface area contributed by atoms with E-state index in [4.69, 9.17) is 4.98 Å². The topological polar surface area (TPSA) is 52.6 Å². The van der Waals surface area contributed by atoms with Crippen molar-refractivity contribution in [3.05, 3.63) is 58.3 Å². The summed E-state index contributed by atoms with van der Waals surface area (Å²) in [5.74, 6) is 1.78. The lowest BCUT2D eigenvalue weighted by Gasteiger charge is -2.16. The van der Waals surface area contributed by atoms with E-state index in [-0.39, 0.29) is 0 Å². The van der Waals surface area contributed by atoms with Crippen molar-refractivity contribution in [2.75, 3.05) is 25.5 Å². The zero-order valence-electron chi connectivity index (χ0n) is 15.5. The fourth-order valence-electron chi connectivity index (χ4n) is 2.68. The molecule has 5 nitrogen and oxygen atoms in total. The number of benzene rings is 1. The first-order valence-corrected chi connectivity index (χ1v) is 9.71. The third-order valence-corrected chi connectivity index (χ3v) is 4.77. The molecule has 0 unspecified atom stereocenters. The zero-order chi connectivity index (χ0) is 18.4. The van der Waals surface area contributed by atoms with E-state index in [1.807, 2.05) is 25.1 Å². The molecule has 3 rings (SSSR count). The lowest BCUT2D eigenvalue weighted by atomic mass is 10.1. The van der Waals surface area contributed by atoms with E-state index in [0.717, 1.165) is 23.8 Å². The third-order valence-electron chi connectivity index (χ3n) is 4.04. The van der Waals surface area contributed by atoms with Crippen LogP contribution in [0.5, 0.6) is 0 Å². The summed E-state index contributed by atoms with van der Waals surface area (Å²) in [6.07, 6.45) is 0. The van der Waals surface area contributed by atoms with Gasteiger partial charge in [0.2, 0.25) is 0 Å². The molecule has 0 aliphatic carbocycles. The first-order valence-electron chi connectivity index (χ1n) is 8.76. The Morgan fingerprint density at radius 2 is 2.04 bits per heavy atom. The third kappa shape index (κ3) is 4.52. The molecule has 0 aliphatic heterocycles. The Morgan fingerprint density at radius 3 is 2.77 bits per heavy atom. The SMILES string of the molecule is CCNC(=NCc1ccsc1)NCc1cc(N(C)C)nc2ccccc12. The number of aliphatic imine (C=N–C) groups is 1. The van der Waals surface area contributed by atoms with E-state index >= 15 is 0 Å². The lowest BCUT2D eigenvalue weighted by molar-refractivity contribution is 0.818. The maximum absolute atomic E-state index is 4.72. The predicted octanol–water partition coefficient (Wildman–Crippen LogP) is 3.62. The van der Waals surface area contributed by atoms with Crippen LogP contribution in [0, 0.1) is 0 Å². The number of hydrogen-bond acceptors (Lipinski definition) is 4. The summed E-state index contributed by atoms with van der Waals surface area (Å²) in [6.45, 7) is 4.28. The van der Waals surface area contributed by atoms with Gasteiger partial charge >= 0.3 is 0 Å². The minimum absolute atomic E-state index is 0.679. The first-order chi connectivity index (χ1) is 12.7. The van der Waals surface area contributed by atoms with Gasteiger partial charge in [-0.3, -0.25) is 0 Å². The van der Waals surface area contributed by atoms with Crippen molar-refractivity contribution in [3.63, 3.8) is 0 Å². The van der Waals surface area contributed by atoms with Crippen molar-refractivity contribution >= 4 is 34.0 Å². The molecule has 136 valence electrons. The molecule has 2 N–H and O–H groups in total. The molecule has 3 aromatic rings. The van der Waals surface area contributed by atoms with Crippen LogP contribution in [0.4, 0.5) is 5.82 Å². The maximum Gasteiger partial charge on any atom is 0.191 e. The number of pyridine rings is 1. The van der Waals surface area contributed by atoms with Crippen LogP contribution in [0.25, 0.3) is 10.9 Å². The molecule has 6 heteroatoms. The predicted molar refractivity (Wildman–Crippen MR) is 112 cm³/mol. The van der Waals surface area contributed by atoms with Crippen molar-refractivity contribution in [1.82, 2.24) is 15.6 Å². The number of anilines is 1.